The average molecular weight is 561 g/mol. The number of aromatic amines is 2. The zero-order valence-electron chi connectivity index (χ0n) is 18.4. The van der Waals surface area contributed by atoms with Crippen molar-refractivity contribution in [2.75, 3.05) is 0 Å². The molecule has 0 fully saturated rings. The second-order valence-corrected chi connectivity index (χ2v) is 7.10. The van der Waals surface area contributed by atoms with Gasteiger partial charge in [-0.1, -0.05) is 0 Å². The van der Waals surface area contributed by atoms with Crippen LogP contribution in [0.25, 0.3) is 0 Å². The summed E-state index contributed by atoms with van der Waals surface area (Å²) >= 11 is 0. The third kappa shape index (κ3) is 22.5. The van der Waals surface area contributed by atoms with Gasteiger partial charge in [0.2, 0.25) is 11.4 Å². The largest absolute Gasteiger partial charge is 0.412 e. The standard InChI is InChI=1S/C16H16N6O2.2ClHO4.2H2O/c1-11(13-7-3-5-9-17-13)19-21-15(23)16(24)22-20-12(2)14-8-4-6-10-18-14;2*2-1(3,4)5;;/h3-10H,1-2H3,(H,21,23)(H,22,24);2*(H,2,3,4,5);2*1H2/b19-11+,20-12+;;;;. The first kappa shape index (κ1) is 37.3. The van der Waals surface area contributed by atoms with E-state index in [1.165, 1.54) is 0 Å². The SMILES string of the molecule is C/C(=N\NC(=O)C(=O)N/N=C(\C)c1cccc[nH+]1)c1cccc[nH+]1.O.O.[O-][Cl+3]([O-])([O-])[O-].[O-][Cl+3]([O-])([O-])[O-]. The van der Waals surface area contributed by atoms with Crippen molar-refractivity contribution in [3.63, 3.8) is 0 Å². The number of pyridine rings is 2. The molecular formula is C16H22Cl2N6O12. The summed E-state index contributed by atoms with van der Waals surface area (Å²) in [5, 5.41) is 7.74. The number of nitrogens with zero attached hydrogens (tertiary/aromatic N) is 2. The van der Waals surface area contributed by atoms with Crippen LogP contribution in [0.4, 0.5) is 0 Å². The molecule has 0 saturated carbocycles. The van der Waals surface area contributed by atoms with Crippen LogP contribution in [-0.4, -0.2) is 34.2 Å². The van der Waals surface area contributed by atoms with Gasteiger partial charge in [-0.15, -0.1) is 20.5 Å². The van der Waals surface area contributed by atoms with E-state index in [4.69, 9.17) is 37.3 Å². The lowest BCUT2D eigenvalue weighted by atomic mass is 10.3. The second-order valence-electron chi connectivity index (χ2n) is 5.58. The number of hydrazone groups is 2. The lowest BCUT2D eigenvalue weighted by molar-refractivity contribution is -2.00. The summed E-state index contributed by atoms with van der Waals surface area (Å²) in [6.07, 6.45) is 3.47. The monoisotopic (exact) mass is 560 g/mol. The lowest BCUT2D eigenvalue weighted by Crippen LogP contribution is -2.68. The molecular weight excluding hydrogens is 539 g/mol. The van der Waals surface area contributed by atoms with Crippen LogP contribution < -0.4 is 58.1 Å². The van der Waals surface area contributed by atoms with E-state index >= 15 is 0 Å². The zero-order valence-corrected chi connectivity index (χ0v) is 19.9. The molecule has 0 radical (unpaired) electrons. The van der Waals surface area contributed by atoms with Crippen LogP contribution in [0.5, 0.6) is 0 Å². The van der Waals surface area contributed by atoms with E-state index in [1.54, 1.807) is 38.4 Å². The number of rotatable bonds is 4. The molecule has 0 aromatic carbocycles. The van der Waals surface area contributed by atoms with Crippen molar-refractivity contribution in [1.82, 2.24) is 10.9 Å². The minimum atomic E-state index is -4.94. The van der Waals surface area contributed by atoms with Gasteiger partial charge in [-0.2, -0.15) is 10.2 Å². The predicted octanol–water partition coefficient (Wildman–Crippen LogP) is -11.5. The molecule has 0 unspecified atom stereocenters. The molecule has 2 aromatic heterocycles. The number of hydrogen-bond acceptors (Lipinski definition) is 12. The fraction of sp³-hybridized carbons (Fsp3) is 0.125. The number of carbonyl (C=O) groups excluding carboxylic acids is 2. The van der Waals surface area contributed by atoms with Crippen LogP contribution in [-0.2, 0) is 9.59 Å². The average Bonchev–Trinajstić information content (AvgIpc) is 2.74. The number of hydrogen-bond donors (Lipinski definition) is 2. The zero-order chi connectivity index (χ0) is 26.4. The van der Waals surface area contributed by atoms with Gasteiger partial charge in [-0.05, 0) is 26.0 Å². The smallest absolute Gasteiger partial charge is 0.331 e. The van der Waals surface area contributed by atoms with Crippen molar-refractivity contribution in [3.05, 3.63) is 60.2 Å². The Balaban J connectivity index is -0.000000773. The lowest BCUT2D eigenvalue weighted by Gasteiger charge is -2.17. The van der Waals surface area contributed by atoms with Crippen molar-refractivity contribution >= 4 is 23.2 Å². The van der Waals surface area contributed by atoms with Crippen molar-refractivity contribution in [2.45, 2.75) is 13.8 Å². The Bertz CT molecular complexity index is 878. The van der Waals surface area contributed by atoms with Crippen molar-refractivity contribution in [1.29, 1.82) is 0 Å². The molecule has 0 saturated heterocycles. The summed E-state index contributed by atoms with van der Waals surface area (Å²) in [6.45, 7) is 3.41. The predicted molar refractivity (Wildman–Crippen MR) is 93.9 cm³/mol. The van der Waals surface area contributed by atoms with Crippen molar-refractivity contribution < 1.29 is 88.3 Å². The summed E-state index contributed by atoms with van der Waals surface area (Å²) in [5.41, 5.74) is 6.90. The summed E-state index contributed by atoms with van der Waals surface area (Å²) in [5.74, 6) is -1.81. The van der Waals surface area contributed by atoms with Gasteiger partial charge >= 0.3 is 11.8 Å². The van der Waals surface area contributed by atoms with E-state index < -0.39 is 32.3 Å². The maximum atomic E-state index is 11.7. The number of nitrogens with one attached hydrogen (secondary N) is 4. The normalized spacial score (nSPS) is 11.2. The third-order valence-electron chi connectivity index (χ3n) is 3.05. The Kier molecular flexibility index (Phi) is 18.7. The summed E-state index contributed by atoms with van der Waals surface area (Å²) in [7, 11) is -9.89. The molecule has 0 aliphatic heterocycles. The highest BCUT2D eigenvalue weighted by Crippen LogP contribution is 1.92. The van der Waals surface area contributed by atoms with Crippen LogP contribution in [0.1, 0.15) is 25.2 Å². The third-order valence-corrected chi connectivity index (χ3v) is 3.05. The van der Waals surface area contributed by atoms with Gasteiger partial charge in [0, 0.05) is 24.3 Å². The number of halogens is 2. The van der Waals surface area contributed by atoms with Gasteiger partial charge < -0.3 is 11.0 Å². The quantitative estimate of drug-likeness (QED) is 0.201. The fourth-order valence-electron chi connectivity index (χ4n) is 1.73. The molecule has 0 bridgehead atoms. The topological polar surface area (TPSA) is 359 Å². The van der Waals surface area contributed by atoms with E-state index in [1.807, 2.05) is 24.3 Å². The summed E-state index contributed by atoms with van der Waals surface area (Å²) in [4.78, 5) is 29.4. The van der Waals surface area contributed by atoms with Crippen LogP contribution >= 0.6 is 0 Å². The minimum Gasteiger partial charge on any atom is -0.412 e. The first-order valence-corrected chi connectivity index (χ1v) is 10.9. The molecule has 202 valence electrons. The number of aromatic nitrogens is 2. The molecule has 0 aliphatic carbocycles. The summed E-state index contributed by atoms with van der Waals surface area (Å²) in [6, 6.07) is 10.9. The van der Waals surface area contributed by atoms with Crippen LogP contribution in [0.3, 0.4) is 0 Å². The Morgan fingerprint density at radius 1 is 0.667 bits per heavy atom. The molecule has 0 spiro atoms. The van der Waals surface area contributed by atoms with Gasteiger partial charge in [0.1, 0.15) is 11.4 Å². The van der Waals surface area contributed by atoms with Gasteiger partial charge in [-0.25, -0.2) is 58.1 Å². The Morgan fingerprint density at radius 3 is 1.17 bits per heavy atom. The van der Waals surface area contributed by atoms with Crippen molar-refractivity contribution in [3.8, 4) is 0 Å². The molecule has 2 rings (SSSR count). The summed E-state index contributed by atoms with van der Waals surface area (Å²) < 4.78 is 67.9. The molecule has 36 heavy (non-hydrogen) atoms. The maximum Gasteiger partial charge on any atom is 0.331 e. The van der Waals surface area contributed by atoms with Crippen molar-refractivity contribution in [2.24, 2.45) is 10.2 Å². The first-order valence-electron chi connectivity index (χ1n) is 8.44. The van der Waals surface area contributed by atoms with E-state index in [0.717, 1.165) is 11.4 Å². The van der Waals surface area contributed by atoms with Crippen LogP contribution in [0.15, 0.2) is 59.0 Å². The van der Waals surface area contributed by atoms with E-state index in [9.17, 15) is 9.59 Å². The second kappa shape index (κ2) is 18.1. The molecule has 2 aromatic rings. The highest BCUT2D eigenvalue weighted by molar-refractivity contribution is 6.35. The minimum absolute atomic E-state index is 0. The highest BCUT2D eigenvalue weighted by Gasteiger charge is 2.14. The fourth-order valence-corrected chi connectivity index (χ4v) is 1.73. The molecule has 0 aliphatic rings. The van der Waals surface area contributed by atoms with Gasteiger partial charge in [-0.3, -0.25) is 9.59 Å². The molecule has 20 heteroatoms. The van der Waals surface area contributed by atoms with Gasteiger partial charge in [0.15, 0.2) is 12.4 Å². The van der Waals surface area contributed by atoms with E-state index in [2.05, 4.69) is 31.0 Å². The Morgan fingerprint density at radius 2 is 0.944 bits per heavy atom. The molecule has 0 atom stereocenters. The van der Waals surface area contributed by atoms with Crippen LogP contribution in [0.2, 0.25) is 0 Å². The first-order chi connectivity index (χ1) is 15.6. The number of carbonyl (C=O) groups is 2. The highest BCUT2D eigenvalue weighted by atomic mass is 35.7. The maximum absolute atomic E-state index is 11.7. The Labute approximate surface area is 207 Å². The van der Waals surface area contributed by atoms with E-state index in [-0.39, 0.29) is 11.0 Å². The molecule has 2 amide bonds. The van der Waals surface area contributed by atoms with Gasteiger partial charge in [0.25, 0.3) is 0 Å². The Hall–Kier alpha value is -3.24. The van der Waals surface area contributed by atoms with E-state index in [0.29, 0.717) is 11.4 Å². The molecule has 18 nitrogen and oxygen atoms in total. The molecule has 8 N–H and O–H groups in total. The number of amides is 2. The molecule has 2 heterocycles. The van der Waals surface area contributed by atoms with Gasteiger partial charge in [0.05, 0.1) is 0 Å². The van der Waals surface area contributed by atoms with Crippen LogP contribution in [0, 0.1) is 20.5 Å². The number of H-pyrrole nitrogens is 2.